The minimum Gasteiger partial charge on any atom is -0.371 e. The van der Waals surface area contributed by atoms with Crippen molar-refractivity contribution in [1.82, 2.24) is 36.0 Å². The number of aromatic nitrogens is 5. The molecule has 0 unspecified atom stereocenters. The van der Waals surface area contributed by atoms with Crippen LogP contribution in [0.2, 0.25) is 0 Å². The molecule has 1 aliphatic carbocycles. The minimum absolute atomic E-state index is 0.149. The molecule has 0 spiro atoms. The van der Waals surface area contributed by atoms with Crippen molar-refractivity contribution in [2.45, 2.75) is 31.2 Å². The maximum absolute atomic E-state index is 14.4. The van der Waals surface area contributed by atoms with Gasteiger partial charge in [0, 0.05) is 32.0 Å². The molecule has 0 atom stereocenters. The summed E-state index contributed by atoms with van der Waals surface area (Å²) in [6.45, 7) is 2.06. The van der Waals surface area contributed by atoms with Gasteiger partial charge < -0.3 is 15.5 Å². The van der Waals surface area contributed by atoms with E-state index in [4.69, 9.17) is 0 Å². The number of benzene rings is 1. The zero-order chi connectivity index (χ0) is 22.8. The lowest BCUT2D eigenvalue weighted by molar-refractivity contribution is -0.124. The molecule has 1 aliphatic heterocycles. The summed E-state index contributed by atoms with van der Waals surface area (Å²) in [5.74, 6) is 0.00853. The van der Waals surface area contributed by atoms with Crippen LogP contribution in [-0.4, -0.2) is 62.4 Å². The fourth-order valence-corrected chi connectivity index (χ4v) is 4.26. The Balaban J connectivity index is 1.14. The van der Waals surface area contributed by atoms with E-state index in [0.29, 0.717) is 42.3 Å². The fraction of sp³-hybridized carbons (Fsp3) is 0.409. The molecule has 2 aliphatic rings. The number of amides is 2. The van der Waals surface area contributed by atoms with E-state index in [9.17, 15) is 14.0 Å². The first-order valence-corrected chi connectivity index (χ1v) is 11.0. The Bertz CT molecular complexity index is 1120. The fourth-order valence-electron chi connectivity index (χ4n) is 4.26. The summed E-state index contributed by atoms with van der Waals surface area (Å²) >= 11 is 0. The lowest BCUT2D eigenvalue weighted by atomic mass is 9.95. The second-order valence-electron chi connectivity index (χ2n) is 8.64. The molecule has 33 heavy (non-hydrogen) atoms. The first-order valence-electron chi connectivity index (χ1n) is 11.0. The average Bonchev–Trinajstić information content (AvgIpc) is 3.59. The molecule has 0 radical (unpaired) electrons. The Hall–Kier alpha value is -3.76. The van der Waals surface area contributed by atoms with Crippen LogP contribution in [0.5, 0.6) is 0 Å². The Morgan fingerprint density at radius 1 is 1.18 bits per heavy atom. The van der Waals surface area contributed by atoms with Crippen LogP contribution >= 0.6 is 0 Å². The molecule has 4 N–H and O–H groups in total. The third-order valence-electron chi connectivity index (χ3n) is 6.44. The Morgan fingerprint density at radius 2 is 1.91 bits per heavy atom. The van der Waals surface area contributed by atoms with E-state index in [2.05, 4.69) is 40.9 Å². The van der Waals surface area contributed by atoms with Gasteiger partial charge in [-0.3, -0.25) is 14.7 Å². The third-order valence-corrected chi connectivity index (χ3v) is 6.44. The van der Waals surface area contributed by atoms with Crippen LogP contribution in [0.4, 0.5) is 10.1 Å². The van der Waals surface area contributed by atoms with Gasteiger partial charge in [0.15, 0.2) is 5.82 Å². The van der Waals surface area contributed by atoms with Crippen LogP contribution in [0.15, 0.2) is 36.9 Å². The largest absolute Gasteiger partial charge is 0.371 e. The van der Waals surface area contributed by atoms with Gasteiger partial charge in [-0.15, -0.1) is 5.10 Å². The van der Waals surface area contributed by atoms with Gasteiger partial charge in [0.2, 0.25) is 5.91 Å². The zero-order valence-corrected chi connectivity index (χ0v) is 18.0. The highest BCUT2D eigenvalue weighted by Crippen LogP contribution is 2.36. The normalized spacial score (nSPS) is 17.5. The predicted molar refractivity (Wildman–Crippen MR) is 118 cm³/mol. The topological polar surface area (TPSA) is 132 Å². The summed E-state index contributed by atoms with van der Waals surface area (Å²) in [4.78, 5) is 35.0. The van der Waals surface area contributed by atoms with Crippen LogP contribution in [0, 0.1) is 11.7 Å². The number of anilines is 1. The summed E-state index contributed by atoms with van der Waals surface area (Å²) in [5, 5.41) is 15.2. The van der Waals surface area contributed by atoms with Crippen LogP contribution in [0.1, 0.15) is 36.0 Å². The monoisotopic (exact) mass is 452 g/mol. The number of H-pyrrole nitrogens is 2. The Kier molecular flexibility index (Phi) is 5.53. The third kappa shape index (κ3) is 4.30. The first kappa shape index (κ1) is 21.1. The number of nitrogens with one attached hydrogen (secondary N) is 4. The van der Waals surface area contributed by atoms with Crippen LogP contribution in [0.25, 0.3) is 11.4 Å². The predicted octanol–water partition coefficient (Wildman–Crippen LogP) is 1.63. The average molecular weight is 452 g/mol. The Morgan fingerprint density at radius 3 is 2.55 bits per heavy atom. The minimum atomic E-state index is -0.839. The van der Waals surface area contributed by atoms with Crippen LogP contribution < -0.4 is 15.5 Å². The number of nitrogens with zero attached hydrogens (tertiary/aromatic N) is 4. The molecule has 11 heteroatoms. The van der Waals surface area contributed by atoms with Crippen molar-refractivity contribution in [2.24, 2.45) is 5.92 Å². The van der Waals surface area contributed by atoms with Gasteiger partial charge in [0.1, 0.15) is 17.7 Å². The summed E-state index contributed by atoms with van der Waals surface area (Å²) in [5.41, 5.74) is 0.779. The van der Waals surface area contributed by atoms with Gasteiger partial charge in [-0.05, 0) is 43.7 Å². The van der Waals surface area contributed by atoms with Crippen molar-refractivity contribution >= 4 is 17.5 Å². The number of aromatic amines is 2. The lowest BCUT2D eigenvalue weighted by Gasteiger charge is -2.35. The summed E-state index contributed by atoms with van der Waals surface area (Å²) in [6, 6.07) is 5.04. The van der Waals surface area contributed by atoms with E-state index in [1.807, 2.05) is 6.07 Å². The quantitative estimate of drug-likeness (QED) is 0.431. The van der Waals surface area contributed by atoms with E-state index in [1.54, 1.807) is 6.07 Å². The van der Waals surface area contributed by atoms with Crippen molar-refractivity contribution in [3.8, 4) is 11.4 Å². The van der Waals surface area contributed by atoms with E-state index in [1.165, 1.54) is 24.8 Å². The number of piperidine rings is 1. The number of halogens is 1. The standard InChI is InChI=1S/C22H25FN8O2/c23-16-2-1-3-17(18(16)19-28-30-29-19)31-8-4-14(5-9-31)10-26-21(33)22(6-7-22)27-20(32)15-11-24-13-25-12-15/h1-3,11-14,30H,4-10H2,(H,26,33)(H,27,32)(H,28,29). The number of hydrogen-bond acceptors (Lipinski definition) is 6. The smallest absolute Gasteiger partial charge is 0.255 e. The van der Waals surface area contributed by atoms with Crippen LogP contribution in [0.3, 0.4) is 0 Å². The van der Waals surface area contributed by atoms with Crippen molar-refractivity contribution in [3.63, 3.8) is 0 Å². The van der Waals surface area contributed by atoms with E-state index in [-0.39, 0.29) is 17.6 Å². The van der Waals surface area contributed by atoms with Gasteiger partial charge in [0.25, 0.3) is 5.91 Å². The van der Waals surface area contributed by atoms with E-state index < -0.39 is 5.54 Å². The molecule has 1 saturated carbocycles. The van der Waals surface area contributed by atoms with Crippen LogP contribution in [-0.2, 0) is 4.79 Å². The molecule has 2 aromatic heterocycles. The Labute approximate surface area is 189 Å². The van der Waals surface area contributed by atoms with Crippen molar-refractivity contribution in [2.75, 3.05) is 24.5 Å². The molecule has 3 aromatic rings. The number of carbonyl (C=O) groups excluding carboxylic acids is 2. The molecule has 172 valence electrons. The highest BCUT2D eigenvalue weighted by molar-refractivity contribution is 6.00. The van der Waals surface area contributed by atoms with Crippen molar-refractivity contribution < 1.29 is 14.0 Å². The molecule has 1 aromatic carbocycles. The second-order valence-corrected chi connectivity index (χ2v) is 8.64. The van der Waals surface area contributed by atoms with E-state index in [0.717, 1.165) is 31.6 Å². The van der Waals surface area contributed by atoms with Gasteiger partial charge in [-0.2, -0.15) is 0 Å². The van der Waals surface area contributed by atoms with Gasteiger partial charge in [-0.25, -0.2) is 19.6 Å². The lowest BCUT2D eigenvalue weighted by Crippen LogP contribution is -2.50. The highest BCUT2D eigenvalue weighted by atomic mass is 19.1. The summed E-state index contributed by atoms with van der Waals surface area (Å²) < 4.78 is 14.4. The summed E-state index contributed by atoms with van der Waals surface area (Å²) in [7, 11) is 0. The van der Waals surface area contributed by atoms with Gasteiger partial charge in [-0.1, -0.05) is 6.07 Å². The molecule has 5 rings (SSSR count). The molecule has 2 amide bonds. The highest BCUT2D eigenvalue weighted by Gasteiger charge is 2.51. The zero-order valence-electron chi connectivity index (χ0n) is 18.0. The number of rotatable bonds is 7. The maximum atomic E-state index is 14.4. The molecular formula is C22H25FN8O2. The second kappa shape index (κ2) is 8.64. The first-order chi connectivity index (χ1) is 16.1. The van der Waals surface area contributed by atoms with E-state index >= 15 is 0 Å². The molecule has 2 fully saturated rings. The number of hydrogen-bond donors (Lipinski definition) is 4. The molecular weight excluding hydrogens is 427 g/mol. The summed E-state index contributed by atoms with van der Waals surface area (Å²) in [6.07, 6.45) is 7.19. The molecule has 0 bridgehead atoms. The maximum Gasteiger partial charge on any atom is 0.255 e. The van der Waals surface area contributed by atoms with Crippen molar-refractivity contribution in [1.29, 1.82) is 0 Å². The molecule has 3 heterocycles. The molecule has 1 saturated heterocycles. The van der Waals surface area contributed by atoms with Gasteiger partial charge in [0.05, 0.1) is 16.8 Å². The SMILES string of the molecule is O=C(NC1(C(=O)NCC2CCN(c3cccc(F)c3-c3n[nH][nH]3)CC2)CC1)c1cncnc1. The van der Waals surface area contributed by atoms with Crippen molar-refractivity contribution in [3.05, 3.63) is 48.3 Å². The number of carbonyl (C=O) groups is 2. The molecule has 10 nitrogen and oxygen atoms in total. The van der Waals surface area contributed by atoms with Gasteiger partial charge >= 0.3 is 0 Å².